The molecule has 4 atom stereocenters. The van der Waals surface area contributed by atoms with Gasteiger partial charge >= 0.3 is 6.18 Å². The highest BCUT2D eigenvalue weighted by molar-refractivity contribution is 5.70. The highest BCUT2D eigenvalue weighted by atomic mass is 19.4. The van der Waals surface area contributed by atoms with Crippen molar-refractivity contribution in [2.75, 3.05) is 6.61 Å². The monoisotopic (exact) mass is 404 g/mol. The molecular weight excluding hydrogens is 381 g/mol. The fraction of sp³-hybridized carbons (Fsp3) is 0.391. The number of ether oxygens (including phenoxy) is 1. The molecule has 3 nitrogen and oxygen atoms in total. The third-order valence-corrected chi connectivity index (χ3v) is 6.23. The summed E-state index contributed by atoms with van der Waals surface area (Å²) in [6, 6.07) is 8.17. The number of phenols is 1. The van der Waals surface area contributed by atoms with Gasteiger partial charge in [0.1, 0.15) is 17.6 Å². The first kappa shape index (κ1) is 19.8. The van der Waals surface area contributed by atoms with Gasteiger partial charge in [-0.15, -0.1) is 0 Å². The summed E-state index contributed by atoms with van der Waals surface area (Å²) >= 11 is 0. The van der Waals surface area contributed by atoms with Crippen LogP contribution in [0.3, 0.4) is 0 Å². The molecule has 2 N–H and O–H groups in total. The van der Waals surface area contributed by atoms with E-state index in [1.165, 1.54) is 12.1 Å². The second-order valence-corrected chi connectivity index (χ2v) is 8.06. The largest absolute Gasteiger partial charge is 0.507 e. The molecule has 1 saturated carbocycles. The summed E-state index contributed by atoms with van der Waals surface area (Å²) in [5.41, 5.74) is 2.14. The second-order valence-electron chi connectivity index (χ2n) is 8.06. The van der Waals surface area contributed by atoms with E-state index in [0.717, 1.165) is 30.5 Å². The van der Waals surface area contributed by atoms with E-state index in [1.54, 1.807) is 12.1 Å². The molecule has 1 aliphatic carbocycles. The van der Waals surface area contributed by atoms with Crippen LogP contribution in [0, 0.1) is 11.8 Å². The molecule has 0 radical (unpaired) electrons. The molecule has 4 unspecified atom stereocenters. The zero-order valence-electron chi connectivity index (χ0n) is 16.0. The SMILES string of the molecule is C=C(C)C1CCC(CO)C2Oc3cc(-c4ccc(C(F)(F)F)cc4)cc(O)c3C12. The Bertz CT molecular complexity index is 934. The average Bonchev–Trinajstić information content (AvgIpc) is 3.06. The minimum absolute atomic E-state index is 0.00455. The Hall–Kier alpha value is -2.47. The summed E-state index contributed by atoms with van der Waals surface area (Å²) in [6.45, 7) is 6.06. The zero-order valence-corrected chi connectivity index (χ0v) is 16.0. The zero-order chi connectivity index (χ0) is 20.9. The molecule has 1 fully saturated rings. The lowest BCUT2D eigenvalue weighted by molar-refractivity contribution is -0.137. The third kappa shape index (κ3) is 3.39. The number of rotatable bonds is 3. The standard InChI is InChI=1S/C23H23F3O3/c1-12(2)17-8-5-14(11-27)22-20(17)21-18(28)9-15(10-19(21)29-22)13-3-6-16(7-4-13)23(24,25)26/h3-4,6-7,9-10,14,17,20,22,27-28H,1,5,8,11H2,2H3. The van der Waals surface area contributed by atoms with Gasteiger partial charge in [-0.25, -0.2) is 0 Å². The van der Waals surface area contributed by atoms with Crippen LogP contribution in [0.25, 0.3) is 11.1 Å². The van der Waals surface area contributed by atoms with E-state index in [9.17, 15) is 23.4 Å². The predicted molar refractivity (Wildman–Crippen MR) is 104 cm³/mol. The van der Waals surface area contributed by atoms with Crippen LogP contribution in [0.4, 0.5) is 13.2 Å². The van der Waals surface area contributed by atoms with Crippen LogP contribution in [0.2, 0.25) is 0 Å². The van der Waals surface area contributed by atoms with E-state index < -0.39 is 11.7 Å². The third-order valence-electron chi connectivity index (χ3n) is 6.23. The van der Waals surface area contributed by atoms with Crippen molar-refractivity contribution in [3.63, 3.8) is 0 Å². The number of alkyl halides is 3. The number of hydrogen-bond acceptors (Lipinski definition) is 3. The molecule has 0 aromatic heterocycles. The number of halogens is 3. The molecule has 0 amide bonds. The number of benzene rings is 2. The van der Waals surface area contributed by atoms with Gasteiger partial charge in [0, 0.05) is 24.0 Å². The van der Waals surface area contributed by atoms with Crippen molar-refractivity contribution in [2.45, 2.75) is 38.0 Å². The van der Waals surface area contributed by atoms with Gasteiger partial charge in [0.05, 0.1) is 5.56 Å². The van der Waals surface area contributed by atoms with Crippen LogP contribution in [-0.2, 0) is 6.18 Å². The van der Waals surface area contributed by atoms with Crippen molar-refractivity contribution in [2.24, 2.45) is 11.8 Å². The molecule has 2 aromatic rings. The van der Waals surface area contributed by atoms with Crippen LogP contribution in [0.5, 0.6) is 11.5 Å². The lowest BCUT2D eigenvalue weighted by Crippen LogP contribution is -2.39. The number of aliphatic hydroxyl groups is 1. The molecular formula is C23H23F3O3. The molecule has 1 heterocycles. The smallest absolute Gasteiger partial charge is 0.416 e. The Morgan fingerprint density at radius 2 is 1.83 bits per heavy atom. The van der Waals surface area contributed by atoms with Gasteiger partial charge in [0.2, 0.25) is 0 Å². The average molecular weight is 404 g/mol. The van der Waals surface area contributed by atoms with Crippen LogP contribution < -0.4 is 4.74 Å². The van der Waals surface area contributed by atoms with Crippen LogP contribution in [-0.4, -0.2) is 22.9 Å². The molecule has 29 heavy (non-hydrogen) atoms. The van der Waals surface area contributed by atoms with Gasteiger partial charge in [-0.2, -0.15) is 13.2 Å². The maximum Gasteiger partial charge on any atom is 0.416 e. The minimum atomic E-state index is -4.39. The van der Waals surface area contributed by atoms with E-state index in [-0.39, 0.29) is 36.2 Å². The molecule has 1 aliphatic heterocycles. The molecule has 4 rings (SSSR count). The van der Waals surface area contributed by atoms with Gasteiger partial charge in [0.15, 0.2) is 0 Å². The van der Waals surface area contributed by atoms with Gasteiger partial charge in [-0.3, -0.25) is 0 Å². The molecule has 0 spiro atoms. The Labute approximate surface area is 167 Å². The van der Waals surface area contributed by atoms with Crippen molar-refractivity contribution in [3.8, 4) is 22.6 Å². The topological polar surface area (TPSA) is 49.7 Å². The number of allylic oxidation sites excluding steroid dienone is 1. The van der Waals surface area contributed by atoms with E-state index in [2.05, 4.69) is 6.58 Å². The molecule has 0 bridgehead atoms. The van der Waals surface area contributed by atoms with E-state index >= 15 is 0 Å². The minimum Gasteiger partial charge on any atom is -0.507 e. The lowest BCUT2D eigenvalue weighted by atomic mass is 9.68. The number of aromatic hydroxyl groups is 1. The highest BCUT2D eigenvalue weighted by Gasteiger charge is 2.48. The van der Waals surface area contributed by atoms with Crippen molar-refractivity contribution in [1.82, 2.24) is 0 Å². The van der Waals surface area contributed by atoms with Crippen LogP contribution >= 0.6 is 0 Å². The molecule has 154 valence electrons. The Morgan fingerprint density at radius 3 is 2.41 bits per heavy atom. The molecule has 2 aromatic carbocycles. The van der Waals surface area contributed by atoms with Crippen molar-refractivity contribution in [1.29, 1.82) is 0 Å². The highest BCUT2D eigenvalue weighted by Crippen LogP contribution is 2.55. The summed E-state index contributed by atoms with van der Waals surface area (Å²) in [5, 5.41) is 20.6. The molecule has 0 saturated heterocycles. The summed E-state index contributed by atoms with van der Waals surface area (Å²) in [6.07, 6.45) is -2.96. The van der Waals surface area contributed by atoms with Crippen molar-refractivity contribution >= 4 is 0 Å². The summed E-state index contributed by atoms with van der Waals surface area (Å²) in [4.78, 5) is 0. The first-order valence-corrected chi connectivity index (χ1v) is 9.68. The maximum atomic E-state index is 12.8. The van der Waals surface area contributed by atoms with E-state index in [1.807, 2.05) is 6.92 Å². The van der Waals surface area contributed by atoms with Gasteiger partial charge < -0.3 is 14.9 Å². The molecule has 2 aliphatic rings. The summed E-state index contributed by atoms with van der Waals surface area (Å²) in [5.74, 6) is 0.620. The van der Waals surface area contributed by atoms with Gasteiger partial charge in [0.25, 0.3) is 0 Å². The van der Waals surface area contributed by atoms with E-state index in [0.29, 0.717) is 22.4 Å². The number of fused-ring (bicyclic) bond motifs is 3. The second kappa shape index (κ2) is 7.10. The quantitative estimate of drug-likeness (QED) is 0.663. The number of hydrogen-bond donors (Lipinski definition) is 2. The fourth-order valence-corrected chi connectivity index (χ4v) is 4.75. The predicted octanol–water partition coefficient (Wildman–Crippen LogP) is 5.52. The normalized spacial score (nSPS) is 25.8. The Kier molecular flexibility index (Phi) is 4.85. The van der Waals surface area contributed by atoms with Gasteiger partial charge in [-0.05, 0) is 61.1 Å². The first-order chi connectivity index (χ1) is 13.7. The summed E-state index contributed by atoms with van der Waals surface area (Å²) in [7, 11) is 0. The lowest BCUT2D eigenvalue weighted by Gasteiger charge is -2.38. The van der Waals surface area contributed by atoms with Crippen molar-refractivity contribution in [3.05, 3.63) is 59.7 Å². The van der Waals surface area contributed by atoms with Crippen molar-refractivity contribution < 1.29 is 28.1 Å². The maximum absolute atomic E-state index is 12.8. The Morgan fingerprint density at radius 1 is 1.14 bits per heavy atom. The van der Waals surface area contributed by atoms with Crippen LogP contribution in [0.15, 0.2) is 48.6 Å². The Balaban J connectivity index is 1.74. The molecule has 6 heteroatoms. The summed E-state index contributed by atoms with van der Waals surface area (Å²) < 4.78 is 44.6. The fourth-order valence-electron chi connectivity index (χ4n) is 4.75. The van der Waals surface area contributed by atoms with E-state index in [4.69, 9.17) is 4.74 Å². The van der Waals surface area contributed by atoms with Crippen LogP contribution in [0.1, 0.15) is 36.8 Å². The van der Waals surface area contributed by atoms with Gasteiger partial charge in [-0.1, -0.05) is 24.3 Å². The first-order valence-electron chi connectivity index (χ1n) is 9.68. The number of phenolic OH excluding ortho intramolecular Hbond substituents is 1. The number of aliphatic hydroxyl groups excluding tert-OH is 1.